The summed E-state index contributed by atoms with van der Waals surface area (Å²) in [5.74, 6) is -0.644. The summed E-state index contributed by atoms with van der Waals surface area (Å²) in [6, 6.07) is 4.33. The topological polar surface area (TPSA) is 130 Å². The minimum absolute atomic E-state index is 0.00406. The Morgan fingerprint density at radius 1 is 1.33 bits per heavy atom. The zero-order valence-electron chi connectivity index (χ0n) is 11.5. The maximum absolute atomic E-state index is 11.9. The summed E-state index contributed by atoms with van der Waals surface area (Å²) in [4.78, 5) is 22.4. The summed E-state index contributed by atoms with van der Waals surface area (Å²) in [6.45, 7) is 0.0247. The third-order valence-corrected chi connectivity index (χ3v) is 3.24. The van der Waals surface area contributed by atoms with E-state index in [0.717, 1.165) is 6.26 Å². The molecular formula is C11H16N4O5S. The van der Waals surface area contributed by atoms with Crippen molar-refractivity contribution in [3.63, 3.8) is 0 Å². The molecule has 0 saturated heterocycles. The number of sulfonamides is 1. The van der Waals surface area contributed by atoms with Crippen LogP contribution in [-0.2, 0) is 10.0 Å². The number of carbonyl (C=O) groups excluding carboxylic acids is 1. The molecule has 0 aliphatic heterocycles. The highest BCUT2D eigenvalue weighted by molar-refractivity contribution is 7.88. The van der Waals surface area contributed by atoms with Gasteiger partial charge in [-0.2, -0.15) is 0 Å². The van der Waals surface area contributed by atoms with Crippen LogP contribution in [0.2, 0.25) is 0 Å². The van der Waals surface area contributed by atoms with Crippen LogP contribution in [0.4, 0.5) is 11.4 Å². The van der Waals surface area contributed by atoms with Crippen LogP contribution in [0.15, 0.2) is 18.2 Å². The number of nitrogens with one attached hydrogen (secondary N) is 3. The number of carbonyl (C=O) groups is 1. The van der Waals surface area contributed by atoms with E-state index in [4.69, 9.17) is 0 Å². The Morgan fingerprint density at radius 2 is 2.00 bits per heavy atom. The second-order valence-corrected chi connectivity index (χ2v) is 5.96. The predicted octanol–water partition coefficient (Wildman–Crippen LogP) is -0.0845. The third kappa shape index (κ3) is 5.00. The van der Waals surface area contributed by atoms with Crippen LogP contribution in [-0.4, -0.2) is 45.6 Å². The van der Waals surface area contributed by atoms with Gasteiger partial charge in [0.1, 0.15) is 11.3 Å². The number of hydrogen-bond acceptors (Lipinski definition) is 6. The summed E-state index contributed by atoms with van der Waals surface area (Å²) in [5, 5.41) is 16.1. The lowest BCUT2D eigenvalue weighted by Crippen LogP contribution is -2.34. The third-order valence-electron chi connectivity index (χ3n) is 2.51. The van der Waals surface area contributed by atoms with Crippen molar-refractivity contribution in [1.29, 1.82) is 0 Å². The Hall–Kier alpha value is -2.20. The van der Waals surface area contributed by atoms with Gasteiger partial charge >= 0.3 is 5.69 Å². The molecular weight excluding hydrogens is 300 g/mol. The molecule has 1 amide bonds. The minimum Gasteiger partial charge on any atom is -0.383 e. The highest BCUT2D eigenvalue weighted by Crippen LogP contribution is 2.27. The van der Waals surface area contributed by atoms with E-state index in [1.165, 1.54) is 25.2 Å². The zero-order valence-corrected chi connectivity index (χ0v) is 12.4. The lowest BCUT2D eigenvalue weighted by atomic mass is 10.1. The molecule has 0 saturated carbocycles. The fourth-order valence-electron chi connectivity index (χ4n) is 1.63. The summed E-state index contributed by atoms with van der Waals surface area (Å²) in [7, 11) is -1.82. The second-order valence-electron chi connectivity index (χ2n) is 4.13. The molecule has 0 spiro atoms. The summed E-state index contributed by atoms with van der Waals surface area (Å²) in [5.41, 5.74) is -0.193. The first-order chi connectivity index (χ1) is 9.76. The number of nitro benzene ring substituents is 1. The molecule has 116 valence electrons. The van der Waals surface area contributed by atoms with Gasteiger partial charge in [-0.1, -0.05) is 6.07 Å². The lowest BCUT2D eigenvalue weighted by molar-refractivity contribution is -0.384. The monoisotopic (exact) mass is 316 g/mol. The van der Waals surface area contributed by atoms with Gasteiger partial charge in [0.25, 0.3) is 5.91 Å². The lowest BCUT2D eigenvalue weighted by Gasteiger charge is -2.08. The van der Waals surface area contributed by atoms with E-state index in [0.29, 0.717) is 0 Å². The standard InChI is InChI=1S/C11H16N4O5S/c1-12-9-5-3-4-8(10(9)15(17)18)11(16)13-6-7-14-21(2,19)20/h3-5,12,14H,6-7H2,1-2H3,(H,13,16). The van der Waals surface area contributed by atoms with Gasteiger partial charge in [-0.25, -0.2) is 13.1 Å². The van der Waals surface area contributed by atoms with Gasteiger partial charge in [0, 0.05) is 20.1 Å². The highest BCUT2D eigenvalue weighted by Gasteiger charge is 2.23. The van der Waals surface area contributed by atoms with Crippen molar-refractivity contribution in [3.8, 4) is 0 Å². The summed E-state index contributed by atoms with van der Waals surface area (Å²) < 4.78 is 23.9. The van der Waals surface area contributed by atoms with Crippen LogP contribution < -0.4 is 15.4 Å². The Bertz CT molecular complexity index is 644. The van der Waals surface area contributed by atoms with Crippen molar-refractivity contribution in [2.45, 2.75) is 0 Å². The minimum atomic E-state index is -3.34. The Morgan fingerprint density at radius 3 is 2.52 bits per heavy atom. The van der Waals surface area contributed by atoms with E-state index < -0.39 is 20.9 Å². The smallest absolute Gasteiger partial charge is 0.305 e. The van der Waals surface area contributed by atoms with Crippen molar-refractivity contribution in [2.24, 2.45) is 0 Å². The number of para-hydroxylation sites is 1. The highest BCUT2D eigenvalue weighted by atomic mass is 32.2. The molecule has 0 radical (unpaired) electrons. The molecule has 0 heterocycles. The fraction of sp³-hybridized carbons (Fsp3) is 0.364. The second kappa shape index (κ2) is 6.99. The number of nitro groups is 1. The number of hydrogen-bond donors (Lipinski definition) is 3. The molecule has 3 N–H and O–H groups in total. The first-order valence-corrected chi connectivity index (χ1v) is 7.83. The van der Waals surface area contributed by atoms with E-state index in [9.17, 15) is 23.3 Å². The van der Waals surface area contributed by atoms with Gasteiger partial charge in [0.15, 0.2) is 0 Å². The molecule has 1 rings (SSSR count). The normalized spacial score (nSPS) is 11.0. The zero-order chi connectivity index (χ0) is 16.0. The maximum atomic E-state index is 11.9. The predicted molar refractivity (Wildman–Crippen MR) is 77.8 cm³/mol. The van der Waals surface area contributed by atoms with Gasteiger partial charge < -0.3 is 10.6 Å². The van der Waals surface area contributed by atoms with Crippen molar-refractivity contribution in [2.75, 3.05) is 31.7 Å². The van der Waals surface area contributed by atoms with Crippen LogP contribution in [0.3, 0.4) is 0 Å². The first kappa shape index (κ1) is 16.9. The van der Waals surface area contributed by atoms with Crippen LogP contribution in [0, 0.1) is 10.1 Å². The van der Waals surface area contributed by atoms with Gasteiger partial charge in [0.2, 0.25) is 10.0 Å². The molecule has 9 nitrogen and oxygen atoms in total. The van der Waals surface area contributed by atoms with Crippen LogP contribution in [0.1, 0.15) is 10.4 Å². The molecule has 0 aliphatic carbocycles. The number of anilines is 1. The summed E-state index contributed by atoms with van der Waals surface area (Å²) >= 11 is 0. The van der Waals surface area contributed by atoms with E-state index in [2.05, 4.69) is 15.4 Å². The van der Waals surface area contributed by atoms with Crippen molar-refractivity contribution < 1.29 is 18.1 Å². The Labute approximate surface area is 121 Å². The molecule has 21 heavy (non-hydrogen) atoms. The van der Waals surface area contributed by atoms with Crippen molar-refractivity contribution in [3.05, 3.63) is 33.9 Å². The maximum Gasteiger partial charge on any atom is 0.305 e. The molecule has 0 fully saturated rings. The van der Waals surface area contributed by atoms with Crippen LogP contribution in [0.5, 0.6) is 0 Å². The van der Waals surface area contributed by atoms with E-state index in [1.807, 2.05) is 0 Å². The van der Waals surface area contributed by atoms with Gasteiger partial charge in [-0.15, -0.1) is 0 Å². The largest absolute Gasteiger partial charge is 0.383 e. The Balaban J connectivity index is 2.81. The molecule has 1 aromatic carbocycles. The van der Waals surface area contributed by atoms with Crippen molar-refractivity contribution in [1.82, 2.24) is 10.0 Å². The quantitative estimate of drug-likeness (QED) is 0.366. The van der Waals surface area contributed by atoms with E-state index in [1.54, 1.807) is 0 Å². The molecule has 1 aromatic rings. The molecule has 0 unspecified atom stereocenters. The molecule has 0 aromatic heterocycles. The Kier molecular flexibility index (Phi) is 5.61. The number of nitrogens with zero attached hydrogens (tertiary/aromatic N) is 1. The molecule has 10 heteroatoms. The summed E-state index contributed by atoms with van der Waals surface area (Å²) in [6.07, 6.45) is 0.996. The van der Waals surface area contributed by atoms with Gasteiger partial charge in [0.05, 0.1) is 11.2 Å². The van der Waals surface area contributed by atoms with Gasteiger partial charge in [-0.3, -0.25) is 14.9 Å². The molecule has 0 bridgehead atoms. The average molecular weight is 316 g/mol. The number of benzene rings is 1. The molecule has 0 aliphatic rings. The van der Waals surface area contributed by atoms with E-state index in [-0.39, 0.29) is 30.0 Å². The first-order valence-electron chi connectivity index (χ1n) is 5.94. The fourth-order valence-corrected chi connectivity index (χ4v) is 2.11. The SMILES string of the molecule is CNc1cccc(C(=O)NCCNS(C)(=O)=O)c1[N+](=O)[O-]. The van der Waals surface area contributed by atoms with Crippen molar-refractivity contribution >= 4 is 27.3 Å². The number of rotatable bonds is 7. The van der Waals surface area contributed by atoms with Crippen LogP contribution >= 0.6 is 0 Å². The van der Waals surface area contributed by atoms with Crippen LogP contribution in [0.25, 0.3) is 0 Å². The van der Waals surface area contributed by atoms with E-state index >= 15 is 0 Å². The van der Waals surface area contributed by atoms with Gasteiger partial charge in [-0.05, 0) is 12.1 Å². The number of amides is 1. The molecule has 0 atom stereocenters. The average Bonchev–Trinajstić information content (AvgIpc) is 2.41.